The van der Waals surface area contributed by atoms with Gasteiger partial charge in [0.2, 0.25) is 0 Å². The predicted molar refractivity (Wildman–Crippen MR) is 83.5 cm³/mol. The molecular formula is C12H12BrCl2NO4S. The van der Waals surface area contributed by atoms with Gasteiger partial charge in [-0.15, -0.1) is 0 Å². The van der Waals surface area contributed by atoms with Crippen molar-refractivity contribution in [2.75, 3.05) is 20.3 Å². The van der Waals surface area contributed by atoms with Crippen LogP contribution in [0.2, 0.25) is 5.02 Å². The van der Waals surface area contributed by atoms with Crippen LogP contribution in [-0.4, -0.2) is 45.5 Å². The van der Waals surface area contributed by atoms with E-state index in [1.807, 2.05) is 0 Å². The van der Waals surface area contributed by atoms with Crippen molar-refractivity contribution < 1.29 is 17.9 Å². The van der Waals surface area contributed by atoms with Crippen LogP contribution in [0.15, 0.2) is 21.5 Å². The molecule has 1 aliphatic rings. The average Bonchev–Trinajstić information content (AvgIpc) is 2.92. The van der Waals surface area contributed by atoms with Crippen LogP contribution in [0.3, 0.4) is 0 Å². The summed E-state index contributed by atoms with van der Waals surface area (Å²) < 4.78 is 28.5. The molecule has 5 nitrogen and oxygen atoms in total. The summed E-state index contributed by atoms with van der Waals surface area (Å²) in [6.07, 6.45) is 0.743. The van der Waals surface area contributed by atoms with Gasteiger partial charge in [-0.05, 0) is 34.5 Å². The third-order valence-electron chi connectivity index (χ3n) is 3.28. The molecule has 1 aromatic rings. The average molecular weight is 417 g/mol. The van der Waals surface area contributed by atoms with Crippen LogP contribution in [0.5, 0.6) is 0 Å². The first-order chi connectivity index (χ1) is 9.71. The first kappa shape index (κ1) is 17.0. The van der Waals surface area contributed by atoms with Crippen molar-refractivity contribution in [3.8, 4) is 0 Å². The van der Waals surface area contributed by atoms with E-state index < -0.39 is 9.05 Å². The molecule has 2 rings (SSSR count). The lowest BCUT2D eigenvalue weighted by atomic mass is 10.1. The highest BCUT2D eigenvalue weighted by Crippen LogP contribution is 2.33. The summed E-state index contributed by atoms with van der Waals surface area (Å²) in [4.78, 5) is 13.7. The van der Waals surface area contributed by atoms with E-state index in [9.17, 15) is 13.2 Å². The molecule has 0 N–H and O–H groups in total. The molecule has 1 heterocycles. The van der Waals surface area contributed by atoms with E-state index in [2.05, 4.69) is 15.9 Å². The maximum atomic E-state index is 12.4. The minimum Gasteiger partial charge on any atom is -0.379 e. The van der Waals surface area contributed by atoms with Gasteiger partial charge in [-0.3, -0.25) is 4.79 Å². The van der Waals surface area contributed by atoms with Gasteiger partial charge < -0.3 is 9.64 Å². The third kappa shape index (κ3) is 3.71. The van der Waals surface area contributed by atoms with E-state index in [-0.39, 0.29) is 31.9 Å². The van der Waals surface area contributed by atoms with Gasteiger partial charge in [0.15, 0.2) is 0 Å². The molecular weight excluding hydrogens is 405 g/mol. The number of likely N-dealkylation sites (N-methyl/N-ethyl adjacent to an activating group) is 1. The SMILES string of the molecule is CN(C(=O)c1cc(Cl)c(Br)c(S(=O)(=O)Cl)c1)C1CCOC1. The molecule has 0 aliphatic carbocycles. The molecule has 0 aromatic heterocycles. The van der Waals surface area contributed by atoms with Crippen LogP contribution in [0.4, 0.5) is 0 Å². The Bertz CT molecular complexity index is 674. The molecule has 1 aliphatic heterocycles. The van der Waals surface area contributed by atoms with Gasteiger partial charge in [-0.25, -0.2) is 8.42 Å². The monoisotopic (exact) mass is 415 g/mol. The summed E-state index contributed by atoms with van der Waals surface area (Å²) in [6, 6.07) is 2.59. The maximum absolute atomic E-state index is 12.4. The van der Waals surface area contributed by atoms with E-state index in [1.54, 1.807) is 7.05 Å². The van der Waals surface area contributed by atoms with Crippen LogP contribution in [-0.2, 0) is 13.8 Å². The molecule has 0 spiro atoms. The normalized spacial score (nSPS) is 18.8. The summed E-state index contributed by atoms with van der Waals surface area (Å²) in [5, 5.41) is 0.108. The summed E-state index contributed by atoms with van der Waals surface area (Å²) in [5.41, 5.74) is 0.164. The van der Waals surface area contributed by atoms with Gasteiger partial charge in [-0.1, -0.05) is 11.6 Å². The molecule has 21 heavy (non-hydrogen) atoms. The van der Waals surface area contributed by atoms with E-state index in [1.165, 1.54) is 17.0 Å². The Hall–Kier alpha value is -0.340. The molecule has 116 valence electrons. The maximum Gasteiger partial charge on any atom is 0.262 e. The quantitative estimate of drug-likeness (QED) is 0.710. The van der Waals surface area contributed by atoms with Crippen molar-refractivity contribution in [2.24, 2.45) is 0 Å². The molecule has 1 fully saturated rings. The fourth-order valence-corrected chi connectivity index (χ4v) is 4.44. The summed E-state index contributed by atoms with van der Waals surface area (Å²) >= 11 is 9.03. The Kier molecular flexibility index (Phi) is 5.20. The Balaban J connectivity index is 2.40. The second-order valence-electron chi connectivity index (χ2n) is 4.64. The number of nitrogens with zero attached hydrogens (tertiary/aromatic N) is 1. The molecule has 9 heteroatoms. The number of benzene rings is 1. The first-order valence-electron chi connectivity index (χ1n) is 6.00. The smallest absolute Gasteiger partial charge is 0.262 e. The molecule has 0 bridgehead atoms. The van der Waals surface area contributed by atoms with Crippen molar-refractivity contribution in [1.82, 2.24) is 4.90 Å². The zero-order valence-corrected chi connectivity index (χ0v) is 14.9. The Morgan fingerprint density at radius 1 is 1.48 bits per heavy atom. The zero-order valence-electron chi connectivity index (χ0n) is 11.0. The standard InChI is InChI=1S/C12H12BrCl2NO4S/c1-16(8-2-3-20-6-8)12(17)7-4-9(14)11(13)10(5-7)21(15,18)19/h4-5,8H,2-3,6H2,1H3. The summed E-state index contributed by atoms with van der Waals surface area (Å²) in [6.45, 7) is 1.07. The van der Waals surface area contributed by atoms with Crippen molar-refractivity contribution in [3.05, 3.63) is 27.2 Å². The molecule has 0 radical (unpaired) electrons. The number of rotatable bonds is 3. The van der Waals surface area contributed by atoms with Crippen molar-refractivity contribution in [1.29, 1.82) is 0 Å². The topological polar surface area (TPSA) is 63.7 Å². The lowest BCUT2D eigenvalue weighted by Gasteiger charge is -2.23. The van der Waals surface area contributed by atoms with Crippen molar-refractivity contribution in [3.63, 3.8) is 0 Å². The van der Waals surface area contributed by atoms with E-state index in [4.69, 9.17) is 27.0 Å². The molecule has 1 atom stereocenters. The van der Waals surface area contributed by atoms with Gasteiger partial charge >= 0.3 is 0 Å². The number of amides is 1. The zero-order chi connectivity index (χ0) is 15.8. The fourth-order valence-electron chi connectivity index (χ4n) is 2.06. The summed E-state index contributed by atoms with van der Waals surface area (Å²) in [5.74, 6) is -0.332. The van der Waals surface area contributed by atoms with Crippen LogP contribution in [0.1, 0.15) is 16.8 Å². The van der Waals surface area contributed by atoms with Crippen LogP contribution >= 0.6 is 38.2 Å². The van der Waals surface area contributed by atoms with Crippen LogP contribution < -0.4 is 0 Å². The Labute approximate surface area is 140 Å². The predicted octanol–water partition coefficient (Wildman–Crippen LogP) is 2.89. The Morgan fingerprint density at radius 3 is 2.67 bits per heavy atom. The summed E-state index contributed by atoms with van der Waals surface area (Å²) in [7, 11) is 2.99. The number of carbonyl (C=O) groups excluding carboxylic acids is 1. The largest absolute Gasteiger partial charge is 0.379 e. The molecule has 1 aromatic carbocycles. The lowest BCUT2D eigenvalue weighted by Crippen LogP contribution is -2.37. The lowest BCUT2D eigenvalue weighted by molar-refractivity contribution is 0.0711. The highest BCUT2D eigenvalue weighted by molar-refractivity contribution is 9.10. The number of halogens is 3. The second kappa shape index (κ2) is 6.42. The molecule has 1 amide bonds. The number of hydrogen-bond donors (Lipinski definition) is 0. The van der Waals surface area contributed by atoms with E-state index >= 15 is 0 Å². The molecule has 1 unspecified atom stereocenters. The number of ether oxygens (including phenoxy) is 1. The van der Waals surface area contributed by atoms with Crippen molar-refractivity contribution >= 4 is 53.2 Å². The third-order valence-corrected chi connectivity index (χ3v) is 6.27. The second-order valence-corrected chi connectivity index (χ2v) is 8.38. The van der Waals surface area contributed by atoms with E-state index in [0.717, 1.165) is 6.42 Å². The molecule has 0 saturated carbocycles. The van der Waals surface area contributed by atoms with E-state index in [0.29, 0.717) is 13.2 Å². The van der Waals surface area contributed by atoms with Gasteiger partial charge in [0.1, 0.15) is 0 Å². The number of carbonyl (C=O) groups is 1. The van der Waals surface area contributed by atoms with Gasteiger partial charge in [0.05, 0.1) is 27.0 Å². The highest BCUT2D eigenvalue weighted by atomic mass is 79.9. The Morgan fingerprint density at radius 2 is 2.14 bits per heavy atom. The molecule has 1 saturated heterocycles. The minimum atomic E-state index is -4.01. The first-order valence-corrected chi connectivity index (χ1v) is 9.48. The minimum absolute atomic E-state index is 0.0315. The van der Waals surface area contributed by atoms with Crippen LogP contribution in [0, 0.1) is 0 Å². The fraction of sp³-hybridized carbons (Fsp3) is 0.417. The van der Waals surface area contributed by atoms with Crippen LogP contribution in [0.25, 0.3) is 0 Å². The van der Waals surface area contributed by atoms with Crippen molar-refractivity contribution in [2.45, 2.75) is 17.4 Å². The van der Waals surface area contributed by atoms with Gasteiger partial charge in [0, 0.05) is 29.9 Å². The number of hydrogen-bond acceptors (Lipinski definition) is 4. The van der Waals surface area contributed by atoms with Gasteiger partial charge in [0.25, 0.3) is 15.0 Å². The highest BCUT2D eigenvalue weighted by Gasteiger charge is 2.27. The van der Waals surface area contributed by atoms with Gasteiger partial charge in [-0.2, -0.15) is 0 Å².